The molecule has 0 aliphatic rings. The van der Waals surface area contributed by atoms with Crippen molar-refractivity contribution < 1.29 is 4.74 Å². The molecule has 0 saturated carbocycles. The zero-order valence-corrected chi connectivity index (χ0v) is 18.0. The summed E-state index contributed by atoms with van der Waals surface area (Å²) in [5, 5.41) is 6.73. The van der Waals surface area contributed by atoms with Crippen LogP contribution in [0.1, 0.15) is 30.0 Å². The first-order chi connectivity index (χ1) is 12.3. The maximum Gasteiger partial charge on any atom is 0.191 e. The molecule has 2 aromatic carbocycles. The number of aryl methyl sites for hydroxylation is 1. The van der Waals surface area contributed by atoms with Crippen molar-refractivity contribution in [2.75, 3.05) is 20.2 Å². The molecule has 142 valence electrons. The molecule has 0 spiro atoms. The molecule has 0 amide bonds. The monoisotopic (exact) mass is 467 g/mol. The number of ether oxygens (including phenoxy) is 1. The molecule has 0 bridgehead atoms. The molecule has 2 aromatic rings. The van der Waals surface area contributed by atoms with Gasteiger partial charge in [0.25, 0.3) is 0 Å². The highest BCUT2D eigenvalue weighted by Gasteiger charge is 2.02. The molecule has 5 heteroatoms. The van der Waals surface area contributed by atoms with Gasteiger partial charge in [0.1, 0.15) is 0 Å². The molecule has 0 aromatic heterocycles. The Bertz CT molecular complexity index is 647. The maximum absolute atomic E-state index is 5.26. The van der Waals surface area contributed by atoms with E-state index in [1.165, 1.54) is 16.7 Å². The van der Waals surface area contributed by atoms with Crippen LogP contribution in [0.3, 0.4) is 0 Å². The van der Waals surface area contributed by atoms with E-state index in [-0.39, 0.29) is 24.0 Å². The Balaban J connectivity index is 0.00000338. The van der Waals surface area contributed by atoms with Crippen LogP contribution in [0, 0.1) is 0 Å². The topological polar surface area (TPSA) is 45.7 Å². The van der Waals surface area contributed by atoms with Crippen LogP contribution >= 0.6 is 24.0 Å². The number of rotatable bonds is 9. The van der Waals surface area contributed by atoms with Crippen molar-refractivity contribution in [3.63, 3.8) is 0 Å². The quantitative estimate of drug-likeness (QED) is 0.252. The van der Waals surface area contributed by atoms with Crippen LogP contribution < -0.4 is 10.6 Å². The normalized spacial score (nSPS) is 10.9. The van der Waals surface area contributed by atoms with Gasteiger partial charge >= 0.3 is 0 Å². The number of aliphatic imine (C=N–C) groups is 1. The summed E-state index contributed by atoms with van der Waals surface area (Å²) in [4.78, 5) is 4.71. The maximum atomic E-state index is 5.26. The van der Waals surface area contributed by atoms with Crippen LogP contribution in [0.25, 0.3) is 0 Å². The molecule has 0 atom stereocenters. The van der Waals surface area contributed by atoms with Crippen LogP contribution in [-0.2, 0) is 24.3 Å². The number of hydrogen-bond acceptors (Lipinski definition) is 2. The third-order valence-electron chi connectivity index (χ3n) is 3.95. The second kappa shape index (κ2) is 13.6. The minimum absolute atomic E-state index is 0. The fraction of sp³-hybridized carbons (Fsp3) is 0.381. The Morgan fingerprint density at radius 1 is 0.962 bits per heavy atom. The molecule has 4 nitrogen and oxygen atoms in total. The average molecular weight is 467 g/mol. The molecule has 2 N–H and O–H groups in total. The lowest BCUT2D eigenvalue weighted by Gasteiger charge is -2.12. The second-order valence-electron chi connectivity index (χ2n) is 5.91. The van der Waals surface area contributed by atoms with Gasteiger partial charge in [0.05, 0.1) is 13.2 Å². The first-order valence-corrected chi connectivity index (χ1v) is 8.95. The van der Waals surface area contributed by atoms with E-state index < -0.39 is 0 Å². The zero-order valence-electron chi connectivity index (χ0n) is 15.7. The van der Waals surface area contributed by atoms with Gasteiger partial charge in [0.15, 0.2) is 5.96 Å². The number of nitrogens with one attached hydrogen (secondary N) is 2. The number of halogens is 1. The molecule has 0 radical (unpaired) electrons. The number of methoxy groups -OCH3 is 1. The van der Waals surface area contributed by atoms with E-state index in [4.69, 9.17) is 9.73 Å². The highest BCUT2D eigenvalue weighted by atomic mass is 127. The van der Waals surface area contributed by atoms with Crippen molar-refractivity contribution in [3.8, 4) is 0 Å². The fourth-order valence-electron chi connectivity index (χ4n) is 2.66. The molecule has 0 unspecified atom stereocenters. The van der Waals surface area contributed by atoms with Crippen LogP contribution in [0.5, 0.6) is 0 Å². The molecular weight excluding hydrogens is 437 g/mol. The number of benzene rings is 2. The number of guanidine groups is 1. The van der Waals surface area contributed by atoms with Gasteiger partial charge in [0, 0.05) is 20.2 Å². The van der Waals surface area contributed by atoms with Gasteiger partial charge in [0.2, 0.25) is 0 Å². The minimum atomic E-state index is 0. The van der Waals surface area contributed by atoms with E-state index in [2.05, 4.69) is 60.0 Å². The summed E-state index contributed by atoms with van der Waals surface area (Å²) < 4.78 is 5.26. The predicted molar refractivity (Wildman–Crippen MR) is 120 cm³/mol. The SMILES string of the molecule is CCNC(=NCc1ccccc1COC)NCCCc1ccccc1.I. The Morgan fingerprint density at radius 2 is 1.65 bits per heavy atom. The Morgan fingerprint density at radius 3 is 2.35 bits per heavy atom. The van der Waals surface area contributed by atoms with Gasteiger partial charge in [-0.3, -0.25) is 0 Å². The van der Waals surface area contributed by atoms with Crippen molar-refractivity contribution in [1.82, 2.24) is 10.6 Å². The third kappa shape index (κ3) is 8.19. The van der Waals surface area contributed by atoms with Gasteiger partial charge < -0.3 is 15.4 Å². The summed E-state index contributed by atoms with van der Waals surface area (Å²) in [6.07, 6.45) is 2.15. The lowest BCUT2D eigenvalue weighted by Crippen LogP contribution is -2.37. The second-order valence-corrected chi connectivity index (χ2v) is 5.91. The summed E-state index contributed by atoms with van der Waals surface area (Å²) in [7, 11) is 1.72. The minimum Gasteiger partial charge on any atom is -0.380 e. The van der Waals surface area contributed by atoms with Crippen LogP contribution in [0.2, 0.25) is 0 Å². The number of nitrogens with zero attached hydrogens (tertiary/aromatic N) is 1. The lowest BCUT2D eigenvalue weighted by molar-refractivity contribution is 0.184. The molecular formula is C21H30IN3O. The van der Waals surface area contributed by atoms with E-state index >= 15 is 0 Å². The average Bonchev–Trinajstić information content (AvgIpc) is 2.65. The van der Waals surface area contributed by atoms with E-state index in [9.17, 15) is 0 Å². The first kappa shape index (κ1) is 22.4. The molecule has 0 fully saturated rings. The fourth-order valence-corrected chi connectivity index (χ4v) is 2.66. The summed E-state index contributed by atoms with van der Waals surface area (Å²) in [6.45, 7) is 5.10. The Labute approximate surface area is 174 Å². The molecule has 0 aliphatic heterocycles. The van der Waals surface area contributed by atoms with Crippen LogP contribution in [0.4, 0.5) is 0 Å². The predicted octanol–water partition coefficient (Wildman–Crippen LogP) is 4.14. The van der Waals surface area contributed by atoms with Gasteiger partial charge in [-0.05, 0) is 36.5 Å². The Hall–Kier alpha value is -1.60. The van der Waals surface area contributed by atoms with E-state index in [1.54, 1.807) is 7.11 Å². The van der Waals surface area contributed by atoms with Gasteiger partial charge in [-0.2, -0.15) is 0 Å². The standard InChI is InChI=1S/C21H29N3O.HI/c1-3-22-21(23-15-9-12-18-10-5-4-6-11-18)24-16-19-13-7-8-14-20(19)17-25-2;/h4-8,10-11,13-14H,3,9,12,15-17H2,1-2H3,(H2,22,23,24);1H. The van der Waals surface area contributed by atoms with E-state index in [1.807, 2.05) is 12.1 Å². The van der Waals surface area contributed by atoms with Crippen molar-refractivity contribution in [2.24, 2.45) is 4.99 Å². The third-order valence-corrected chi connectivity index (χ3v) is 3.95. The number of hydrogen-bond donors (Lipinski definition) is 2. The summed E-state index contributed by atoms with van der Waals surface area (Å²) >= 11 is 0. The van der Waals surface area contributed by atoms with Gasteiger partial charge in [-0.25, -0.2) is 4.99 Å². The largest absolute Gasteiger partial charge is 0.380 e. The smallest absolute Gasteiger partial charge is 0.191 e. The van der Waals surface area contributed by atoms with Crippen LogP contribution in [0.15, 0.2) is 59.6 Å². The first-order valence-electron chi connectivity index (χ1n) is 8.95. The lowest BCUT2D eigenvalue weighted by atomic mass is 10.1. The van der Waals surface area contributed by atoms with Crippen molar-refractivity contribution in [1.29, 1.82) is 0 Å². The van der Waals surface area contributed by atoms with Crippen molar-refractivity contribution in [2.45, 2.75) is 32.9 Å². The van der Waals surface area contributed by atoms with Crippen molar-refractivity contribution in [3.05, 3.63) is 71.3 Å². The zero-order chi connectivity index (χ0) is 17.7. The molecule has 26 heavy (non-hydrogen) atoms. The highest BCUT2D eigenvalue weighted by Crippen LogP contribution is 2.11. The van der Waals surface area contributed by atoms with Crippen LogP contribution in [-0.4, -0.2) is 26.2 Å². The van der Waals surface area contributed by atoms with Gasteiger partial charge in [-0.1, -0.05) is 54.6 Å². The Kier molecular flexibility index (Phi) is 11.7. The van der Waals surface area contributed by atoms with Crippen molar-refractivity contribution >= 4 is 29.9 Å². The molecule has 0 heterocycles. The summed E-state index contributed by atoms with van der Waals surface area (Å²) in [5.41, 5.74) is 3.76. The van der Waals surface area contributed by atoms with E-state index in [0.717, 1.165) is 31.9 Å². The molecule has 0 aliphatic carbocycles. The highest BCUT2D eigenvalue weighted by molar-refractivity contribution is 14.0. The van der Waals surface area contributed by atoms with E-state index in [0.29, 0.717) is 13.2 Å². The molecule has 0 saturated heterocycles. The van der Waals surface area contributed by atoms with Gasteiger partial charge in [-0.15, -0.1) is 24.0 Å². The summed E-state index contributed by atoms with van der Waals surface area (Å²) in [5.74, 6) is 0.864. The molecule has 2 rings (SSSR count). The summed E-state index contributed by atoms with van der Waals surface area (Å²) in [6, 6.07) is 18.9.